The maximum Gasteiger partial charge on any atom is 0.0629 e. The van der Waals surface area contributed by atoms with Gasteiger partial charge in [-0.3, -0.25) is 0 Å². The lowest BCUT2D eigenvalue weighted by molar-refractivity contribution is 0.618. The van der Waals surface area contributed by atoms with Crippen LogP contribution in [0.2, 0.25) is 0 Å². The number of aryl methyl sites for hydroxylation is 1. The van der Waals surface area contributed by atoms with Crippen LogP contribution >= 0.6 is 0 Å². The lowest BCUT2D eigenvalue weighted by atomic mass is 10.1. The molecule has 0 unspecified atom stereocenters. The number of para-hydroxylation sites is 1. The SMILES string of the molecule is CCN(CC(C)C)c1c(C)cccc1N. The van der Waals surface area contributed by atoms with Gasteiger partial charge in [0.05, 0.1) is 11.4 Å². The molecule has 0 amide bonds. The van der Waals surface area contributed by atoms with Crippen LogP contribution in [0.5, 0.6) is 0 Å². The van der Waals surface area contributed by atoms with E-state index >= 15 is 0 Å². The average Bonchev–Trinajstić information content (AvgIpc) is 2.15. The highest BCUT2D eigenvalue weighted by atomic mass is 15.1. The lowest BCUT2D eigenvalue weighted by Crippen LogP contribution is -2.28. The van der Waals surface area contributed by atoms with E-state index in [2.05, 4.69) is 38.7 Å². The molecule has 15 heavy (non-hydrogen) atoms. The highest BCUT2D eigenvalue weighted by Crippen LogP contribution is 2.27. The number of rotatable bonds is 4. The van der Waals surface area contributed by atoms with Gasteiger partial charge < -0.3 is 10.6 Å². The second kappa shape index (κ2) is 5.06. The van der Waals surface area contributed by atoms with Crippen LogP contribution in [-0.4, -0.2) is 13.1 Å². The van der Waals surface area contributed by atoms with Gasteiger partial charge in [-0.05, 0) is 31.4 Å². The molecule has 0 spiro atoms. The molecule has 0 saturated heterocycles. The Morgan fingerprint density at radius 2 is 2.00 bits per heavy atom. The number of nitrogens with two attached hydrogens (primary N) is 1. The molecule has 0 aromatic heterocycles. The second-order valence-corrected chi connectivity index (χ2v) is 4.45. The minimum absolute atomic E-state index is 0.656. The third kappa shape index (κ3) is 2.88. The Bertz CT molecular complexity index is 298. The van der Waals surface area contributed by atoms with Gasteiger partial charge in [0, 0.05) is 13.1 Å². The average molecular weight is 206 g/mol. The summed E-state index contributed by atoms with van der Waals surface area (Å²) in [7, 11) is 0. The van der Waals surface area contributed by atoms with Crippen molar-refractivity contribution in [1.29, 1.82) is 0 Å². The molecule has 0 aliphatic heterocycles. The Labute approximate surface area is 93.1 Å². The molecule has 1 aromatic rings. The number of benzene rings is 1. The summed E-state index contributed by atoms with van der Waals surface area (Å²) in [5.74, 6) is 0.656. The molecule has 0 fully saturated rings. The molecular weight excluding hydrogens is 184 g/mol. The first-order valence-electron chi connectivity index (χ1n) is 5.66. The maximum absolute atomic E-state index is 6.03. The minimum atomic E-state index is 0.656. The molecule has 1 rings (SSSR count). The fourth-order valence-electron chi connectivity index (χ4n) is 1.93. The Morgan fingerprint density at radius 1 is 1.33 bits per heavy atom. The lowest BCUT2D eigenvalue weighted by Gasteiger charge is -2.28. The van der Waals surface area contributed by atoms with Crippen molar-refractivity contribution in [3.8, 4) is 0 Å². The molecule has 2 heteroatoms. The summed E-state index contributed by atoms with van der Waals surface area (Å²) in [6.07, 6.45) is 0. The van der Waals surface area contributed by atoms with Crippen molar-refractivity contribution < 1.29 is 0 Å². The van der Waals surface area contributed by atoms with Gasteiger partial charge in [0.25, 0.3) is 0 Å². The van der Waals surface area contributed by atoms with E-state index < -0.39 is 0 Å². The van der Waals surface area contributed by atoms with E-state index in [-0.39, 0.29) is 0 Å². The van der Waals surface area contributed by atoms with Gasteiger partial charge in [-0.15, -0.1) is 0 Å². The first-order chi connectivity index (χ1) is 7.06. The van der Waals surface area contributed by atoms with Crippen LogP contribution < -0.4 is 10.6 Å². The zero-order valence-electron chi connectivity index (χ0n) is 10.2. The summed E-state index contributed by atoms with van der Waals surface area (Å²) in [6.45, 7) is 10.8. The number of nitrogen functional groups attached to an aromatic ring is 1. The van der Waals surface area contributed by atoms with Crippen LogP contribution in [0.25, 0.3) is 0 Å². The summed E-state index contributed by atoms with van der Waals surface area (Å²) >= 11 is 0. The summed E-state index contributed by atoms with van der Waals surface area (Å²) < 4.78 is 0. The molecule has 0 atom stereocenters. The van der Waals surface area contributed by atoms with Gasteiger partial charge in [-0.25, -0.2) is 0 Å². The number of nitrogens with zero attached hydrogens (tertiary/aromatic N) is 1. The van der Waals surface area contributed by atoms with Gasteiger partial charge in [0.1, 0.15) is 0 Å². The molecule has 0 heterocycles. The zero-order valence-corrected chi connectivity index (χ0v) is 10.2. The molecule has 0 saturated carbocycles. The van der Waals surface area contributed by atoms with E-state index in [1.165, 1.54) is 11.3 Å². The van der Waals surface area contributed by atoms with Crippen LogP contribution in [0.4, 0.5) is 11.4 Å². The second-order valence-electron chi connectivity index (χ2n) is 4.45. The van der Waals surface area contributed by atoms with Gasteiger partial charge in [-0.1, -0.05) is 26.0 Å². The first-order valence-corrected chi connectivity index (χ1v) is 5.66. The largest absolute Gasteiger partial charge is 0.397 e. The number of anilines is 2. The Balaban J connectivity index is 3.00. The molecular formula is C13H22N2. The quantitative estimate of drug-likeness (QED) is 0.767. The molecule has 84 valence electrons. The summed E-state index contributed by atoms with van der Waals surface area (Å²) in [4.78, 5) is 2.36. The molecule has 0 bridgehead atoms. The van der Waals surface area contributed by atoms with E-state index in [9.17, 15) is 0 Å². The standard InChI is InChI=1S/C13H22N2/c1-5-15(9-10(2)3)13-11(4)7-6-8-12(13)14/h6-8,10H,5,9,14H2,1-4H3. The summed E-state index contributed by atoms with van der Waals surface area (Å²) in [5, 5.41) is 0. The van der Waals surface area contributed by atoms with Crippen molar-refractivity contribution in [2.24, 2.45) is 5.92 Å². The van der Waals surface area contributed by atoms with Crippen molar-refractivity contribution in [3.63, 3.8) is 0 Å². The van der Waals surface area contributed by atoms with Crippen LogP contribution in [0.1, 0.15) is 26.3 Å². The van der Waals surface area contributed by atoms with E-state index in [0.717, 1.165) is 18.8 Å². The van der Waals surface area contributed by atoms with Gasteiger partial charge >= 0.3 is 0 Å². The normalized spacial score (nSPS) is 10.7. The molecule has 0 aliphatic carbocycles. The van der Waals surface area contributed by atoms with Crippen LogP contribution in [-0.2, 0) is 0 Å². The monoisotopic (exact) mass is 206 g/mol. The van der Waals surface area contributed by atoms with Crippen LogP contribution in [0.15, 0.2) is 18.2 Å². The van der Waals surface area contributed by atoms with E-state index in [0.29, 0.717) is 5.92 Å². The molecule has 2 N–H and O–H groups in total. The van der Waals surface area contributed by atoms with Crippen molar-refractivity contribution in [3.05, 3.63) is 23.8 Å². The zero-order chi connectivity index (χ0) is 11.4. The Hall–Kier alpha value is -1.18. The number of hydrogen-bond acceptors (Lipinski definition) is 2. The Kier molecular flexibility index (Phi) is 4.01. The van der Waals surface area contributed by atoms with Gasteiger partial charge in [0.2, 0.25) is 0 Å². The van der Waals surface area contributed by atoms with Crippen LogP contribution in [0.3, 0.4) is 0 Å². The summed E-state index contributed by atoms with van der Waals surface area (Å²) in [5.41, 5.74) is 9.38. The fourth-order valence-corrected chi connectivity index (χ4v) is 1.93. The summed E-state index contributed by atoms with van der Waals surface area (Å²) in [6, 6.07) is 6.11. The van der Waals surface area contributed by atoms with E-state index in [1.807, 2.05) is 12.1 Å². The Morgan fingerprint density at radius 3 is 2.47 bits per heavy atom. The predicted molar refractivity (Wildman–Crippen MR) is 68.3 cm³/mol. The smallest absolute Gasteiger partial charge is 0.0629 e. The van der Waals surface area contributed by atoms with Crippen molar-refractivity contribution in [2.45, 2.75) is 27.7 Å². The molecule has 0 aliphatic rings. The molecule has 0 radical (unpaired) electrons. The third-order valence-electron chi connectivity index (χ3n) is 2.55. The minimum Gasteiger partial charge on any atom is -0.397 e. The van der Waals surface area contributed by atoms with Crippen LogP contribution in [0, 0.1) is 12.8 Å². The molecule has 2 nitrogen and oxygen atoms in total. The fraction of sp³-hybridized carbons (Fsp3) is 0.538. The van der Waals surface area contributed by atoms with Gasteiger partial charge in [0.15, 0.2) is 0 Å². The molecule has 1 aromatic carbocycles. The topological polar surface area (TPSA) is 29.3 Å². The van der Waals surface area contributed by atoms with Gasteiger partial charge in [-0.2, -0.15) is 0 Å². The highest BCUT2D eigenvalue weighted by Gasteiger charge is 2.11. The number of hydrogen-bond donors (Lipinski definition) is 1. The van der Waals surface area contributed by atoms with Crippen molar-refractivity contribution in [1.82, 2.24) is 0 Å². The van der Waals surface area contributed by atoms with E-state index in [4.69, 9.17) is 5.73 Å². The predicted octanol–water partition coefficient (Wildman–Crippen LogP) is 3.06. The van der Waals surface area contributed by atoms with Crippen molar-refractivity contribution >= 4 is 11.4 Å². The highest BCUT2D eigenvalue weighted by molar-refractivity contribution is 5.71. The maximum atomic E-state index is 6.03. The first kappa shape index (κ1) is 11.9. The third-order valence-corrected chi connectivity index (χ3v) is 2.55. The van der Waals surface area contributed by atoms with Crippen molar-refractivity contribution in [2.75, 3.05) is 23.7 Å². The van der Waals surface area contributed by atoms with E-state index in [1.54, 1.807) is 0 Å².